The Morgan fingerprint density at radius 2 is 1.86 bits per heavy atom. The molecule has 0 saturated carbocycles. The molecule has 0 aromatic heterocycles. The summed E-state index contributed by atoms with van der Waals surface area (Å²) in [6.45, 7) is 16.2. The smallest absolute Gasteiger partial charge is 0.142 e. The van der Waals surface area contributed by atoms with E-state index in [0.717, 1.165) is 31.3 Å². The Hall–Kier alpha value is -0.680. The topological polar surface area (TPSA) is 0 Å². The molecule has 0 aliphatic carbocycles. The highest BCUT2D eigenvalue weighted by atomic mass is 31.0. The van der Waals surface area contributed by atoms with Crippen molar-refractivity contribution in [2.45, 2.75) is 72.6 Å². The number of hydrogen-bond acceptors (Lipinski definition) is 0. The van der Waals surface area contributed by atoms with Gasteiger partial charge in [0.25, 0.3) is 0 Å². The predicted octanol–water partition coefficient (Wildman–Crippen LogP) is 7.16. The Morgan fingerprint density at radius 3 is 2.23 bits per heavy atom. The fourth-order valence-corrected chi connectivity index (χ4v) is 3.09. The van der Waals surface area contributed by atoms with Crippen LogP contribution in [0.4, 0.5) is 4.39 Å². The van der Waals surface area contributed by atoms with Gasteiger partial charge in [0.2, 0.25) is 0 Å². The molecule has 0 heterocycles. The zero-order valence-corrected chi connectivity index (χ0v) is 16.5. The average molecular weight is 324 g/mol. The lowest BCUT2D eigenvalue weighted by molar-refractivity contribution is 0.337. The van der Waals surface area contributed by atoms with Crippen molar-refractivity contribution in [1.82, 2.24) is 0 Å². The number of allylic oxidation sites excluding steroid dienone is 7. The standard InChI is InChI=1S/C20H34FP/c1-8-12-16(6)18(11-4)17(10-3)13-14-19(15(5)9-2)20(7,21)22/h11,13-15H,4,8-10,12,22H2,1-3,5-7H3/b17-13+,18-16-,19-14+. The van der Waals surface area contributed by atoms with Crippen LogP contribution >= 0.6 is 9.24 Å². The molecule has 3 atom stereocenters. The lowest BCUT2D eigenvalue weighted by Gasteiger charge is -2.24. The maximum Gasteiger partial charge on any atom is 0.142 e. The van der Waals surface area contributed by atoms with Gasteiger partial charge >= 0.3 is 0 Å². The summed E-state index contributed by atoms with van der Waals surface area (Å²) in [5.74, 6) is 0.231. The fourth-order valence-electron chi connectivity index (χ4n) is 2.71. The van der Waals surface area contributed by atoms with Gasteiger partial charge < -0.3 is 0 Å². The van der Waals surface area contributed by atoms with Crippen LogP contribution in [-0.2, 0) is 0 Å². The predicted molar refractivity (Wildman–Crippen MR) is 103 cm³/mol. The van der Waals surface area contributed by atoms with Crippen molar-refractivity contribution in [3.63, 3.8) is 0 Å². The third-order valence-electron chi connectivity index (χ3n) is 4.19. The van der Waals surface area contributed by atoms with E-state index in [1.54, 1.807) is 6.92 Å². The van der Waals surface area contributed by atoms with Crippen molar-refractivity contribution < 1.29 is 4.39 Å². The highest BCUT2D eigenvalue weighted by molar-refractivity contribution is 7.19. The Kier molecular flexibility index (Phi) is 9.85. The highest BCUT2D eigenvalue weighted by Crippen LogP contribution is 2.35. The zero-order valence-electron chi connectivity index (χ0n) is 15.3. The molecule has 0 spiro atoms. The Bertz CT molecular complexity index is 447. The van der Waals surface area contributed by atoms with E-state index >= 15 is 0 Å². The van der Waals surface area contributed by atoms with Crippen molar-refractivity contribution >= 4 is 9.24 Å². The Balaban J connectivity index is 5.80. The summed E-state index contributed by atoms with van der Waals surface area (Å²) < 4.78 is 14.4. The molecule has 0 aromatic rings. The minimum absolute atomic E-state index is 0.231. The average Bonchev–Trinajstić information content (AvgIpc) is 2.44. The molecule has 22 heavy (non-hydrogen) atoms. The van der Waals surface area contributed by atoms with E-state index in [1.165, 1.54) is 16.7 Å². The molecule has 0 fully saturated rings. The molecule has 2 heteroatoms. The zero-order chi connectivity index (χ0) is 17.3. The molecule has 0 radical (unpaired) electrons. The summed E-state index contributed by atoms with van der Waals surface area (Å²) in [4.78, 5) is 0. The second kappa shape index (κ2) is 10.2. The molecule has 0 nitrogen and oxygen atoms in total. The number of rotatable bonds is 9. The second-order valence-corrected chi connectivity index (χ2v) is 7.28. The molecule has 0 saturated heterocycles. The minimum Gasteiger partial charge on any atom is -0.235 e. The molecule has 0 aromatic carbocycles. The van der Waals surface area contributed by atoms with Gasteiger partial charge in [-0.3, -0.25) is 0 Å². The summed E-state index contributed by atoms with van der Waals surface area (Å²) in [5.41, 5.74) is 4.64. The van der Waals surface area contributed by atoms with Gasteiger partial charge in [0.05, 0.1) is 0 Å². The van der Waals surface area contributed by atoms with Gasteiger partial charge in [0.1, 0.15) is 5.41 Å². The molecule has 126 valence electrons. The highest BCUT2D eigenvalue weighted by Gasteiger charge is 2.25. The molecule has 0 rings (SSSR count). The van der Waals surface area contributed by atoms with E-state index < -0.39 is 5.41 Å². The largest absolute Gasteiger partial charge is 0.235 e. The quantitative estimate of drug-likeness (QED) is 0.312. The normalized spacial score (nSPS) is 18.5. The minimum atomic E-state index is -1.36. The van der Waals surface area contributed by atoms with Crippen molar-refractivity contribution in [2.24, 2.45) is 5.92 Å². The second-order valence-electron chi connectivity index (χ2n) is 6.20. The first kappa shape index (κ1) is 21.3. The molecule has 0 aliphatic rings. The summed E-state index contributed by atoms with van der Waals surface area (Å²) in [6.07, 6.45) is 10.1. The third kappa shape index (κ3) is 6.61. The van der Waals surface area contributed by atoms with Crippen LogP contribution in [-0.4, -0.2) is 5.41 Å². The third-order valence-corrected chi connectivity index (χ3v) is 4.52. The van der Waals surface area contributed by atoms with Crippen LogP contribution in [0.3, 0.4) is 0 Å². The summed E-state index contributed by atoms with van der Waals surface area (Å²) in [6, 6.07) is 0. The van der Waals surface area contributed by atoms with Crippen molar-refractivity contribution in [3.8, 4) is 0 Å². The van der Waals surface area contributed by atoms with E-state index in [0.29, 0.717) is 0 Å². The van der Waals surface area contributed by atoms with Crippen LogP contribution in [0.15, 0.2) is 47.1 Å². The van der Waals surface area contributed by atoms with E-state index in [2.05, 4.69) is 56.5 Å². The van der Waals surface area contributed by atoms with Crippen molar-refractivity contribution in [3.05, 3.63) is 47.1 Å². The lowest BCUT2D eigenvalue weighted by Crippen LogP contribution is -2.17. The van der Waals surface area contributed by atoms with Gasteiger partial charge in [-0.15, -0.1) is 0 Å². The molecule has 0 N–H and O–H groups in total. The van der Waals surface area contributed by atoms with Crippen LogP contribution in [0, 0.1) is 5.92 Å². The fraction of sp³-hybridized carbons (Fsp3) is 0.600. The molecule has 0 aliphatic heterocycles. The van der Waals surface area contributed by atoms with Crippen LogP contribution in [0.2, 0.25) is 0 Å². The van der Waals surface area contributed by atoms with Gasteiger partial charge in [0, 0.05) is 0 Å². The monoisotopic (exact) mass is 324 g/mol. The molecule has 0 amide bonds. The summed E-state index contributed by atoms with van der Waals surface area (Å²) in [7, 11) is 2.33. The summed E-state index contributed by atoms with van der Waals surface area (Å²) >= 11 is 0. The first-order valence-electron chi connectivity index (χ1n) is 8.44. The molecular weight excluding hydrogens is 290 g/mol. The number of hydrogen-bond donors (Lipinski definition) is 0. The van der Waals surface area contributed by atoms with Gasteiger partial charge in [-0.2, -0.15) is 0 Å². The summed E-state index contributed by atoms with van der Waals surface area (Å²) in [5, 5.41) is -1.36. The Labute approximate surface area is 139 Å². The van der Waals surface area contributed by atoms with E-state index in [4.69, 9.17) is 0 Å². The first-order valence-corrected chi connectivity index (χ1v) is 9.02. The maximum atomic E-state index is 14.4. The van der Waals surface area contributed by atoms with Gasteiger partial charge in [-0.1, -0.05) is 73.7 Å². The van der Waals surface area contributed by atoms with E-state index in [-0.39, 0.29) is 5.92 Å². The number of halogens is 1. The van der Waals surface area contributed by atoms with E-state index in [9.17, 15) is 4.39 Å². The van der Waals surface area contributed by atoms with Crippen LogP contribution < -0.4 is 0 Å². The number of alkyl halides is 1. The Morgan fingerprint density at radius 1 is 1.27 bits per heavy atom. The van der Waals surface area contributed by atoms with E-state index in [1.807, 2.05) is 12.2 Å². The van der Waals surface area contributed by atoms with Crippen molar-refractivity contribution in [2.75, 3.05) is 0 Å². The van der Waals surface area contributed by atoms with Gasteiger partial charge in [0.15, 0.2) is 0 Å². The van der Waals surface area contributed by atoms with Crippen LogP contribution in [0.1, 0.15) is 67.2 Å². The molecular formula is C20H34FP. The van der Waals surface area contributed by atoms with Gasteiger partial charge in [-0.05, 0) is 55.7 Å². The SMILES string of the molecule is C=CC(=C(\C)CCC)/C(=C/C=C(\C(C)CC)C(C)(F)P)CC. The lowest BCUT2D eigenvalue weighted by atomic mass is 9.92. The van der Waals surface area contributed by atoms with Crippen molar-refractivity contribution in [1.29, 1.82) is 0 Å². The van der Waals surface area contributed by atoms with Gasteiger partial charge in [-0.25, -0.2) is 4.39 Å². The molecule has 0 bridgehead atoms. The first-order chi connectivity index (χ1) is 10.2. The molecule has 3 unspecified atom stereocenters. The van der Waals surface area contributed by atoms with Crippen LogP contribution in [0.5, 0.6) is 0 Å². The maximum absolute atomic E-state index is 14.4. The van der Waals surface area contributed by atoms with Crippen LogP contribution in [0.25, 0.3) is 0 Å².